The van der Waals surface area contributed by atoms with Gasteiger partial charge in [-0.05, 0) is 25.5 Å². The number of hydrogen-bond acceptors (Lipinski definition) is 3. The molecule has 22 heavy (non-hydrogen) atoms. The van der Waals surface area contributed by atoms with Gasteiger partial charge in [-0.1, -0.05) is 23.7 Å². The molecular formula is C16H18ClN3O2. The summed E-state index contributed by atoms with van der Waals surface area (Å²) >= 11 is 6.02. The second-order valence-corrected chi connectivity index (χ2v) is 6.15. The molecule has 0 spiro atoms. The van der Waals surface area contributed by atoms with Crippen molar-refractivity contribution >= 4 is 17.5 Å². The number of carbonyl (C=O) groups excluding carboxylic acids is 1. The SMILES string of the molecule is CC(O)C1CCN(C(=O)c2cn[nH]c2-c2cccc(Cl)c2)C1. The summed E-state index contributed by atoms with van der Waals surface area (Å²) in [7, 11) is 0. The number of rotatable bonds is 3. The summed E-state index contributed by atoms with van der Waals surface area (Å²) in [5.41, 5.74) is 2.04. The van der Waals surface area contributed by atoms with E-state index in [0.717, 1.165) is 12.0 Å². The Balaban J connectivity index is 1.85. The van der Waals surface area contributed by atoms with Gasteiger partial charge < -0.3 is 10.0 Å². The number of aromatic nitrogens is 2. The average Bonchev–Trinajstić information content (AvgIpc) is 3.16. The number of H-pyrrole nitrogens is 1. The summed E-state index contributed by atoms with van der Waals surface area (Å²) in [6.45, 7) is 3.01. The van der Waals surface area contributed by atoms with Crippen molar-refractivity contribution in [2.24, 2.45) is 5.92 Å². The molecule has 1 aliphatic rings. The van der Waals surface area contributed by atoms with Crippen LogP contribution < -0.4 is 0 Å². The van der Waals surface area contributed by atoms with Gasteiger partial charge in [0, 0.05) is 29.6 Å². The highest BCUT2D eigenvalue weighted by atomic mass is 35.5. The van der Waals surface area contributed by atoms with Gasteiger partial charge in [0.15, 0.2) is 0 Å². The van der Waals surface area contributed by atoms with Gasteiger partial charge in [-0.15, -0.1) is 0 Å². The lowest BCUT2D eigenvalue weighted by molar-refractivity contribution is 0.0763. The molecule has 1 saturated heterocycles. The summed E-state index contributed by atoms with van der Waals surface area (Å²) in [6, 6.07) is 7.32. The van der Waals surface area contributed by atoms with Gasteiger partial charge in [0.2, 0.25) is 0 Å². The zero-order valence-corrected chi connectivity index (χ0v) is 13.0. The van der Waals surface area contributed by atoms with Crippen LogP contribution in [0, 0.1) is 5.92 Å². The van der Waals surface area contributed by atoms with E-state index >= 15 is 0 Å². The minimum absolute atomic E-state index is 0.0631. The second-order valence-electron chi connectivity index (χ2n) is 5.71. The van der Waals surface area contributed by atoms with Crippen LogP contribution in [-0.2, 0) is 0 Å². The molecular weight excluding hydrogens is 302 g/mol. The Kier molecular flexibility index (Phi) is 4.18. The minimum atomic E-state index is -0.394. The summed E-state index contributed by atoms with van der Waals surface area (Å²) in [5, 5.41) is 17.2. The second kappa shape index (κ2) is 6.10. The first-order chi connectivity index (χ1) is 10.6. The average molecular weight is 320 g/mol. The Labute approximate surface area is 133 Å². The third-order valence-electron chi connectivity index (χ3n) is 4.18. The van der Waals surface area contributed by atoms with E-state index in [4.69, 9.17) is 11.6 Å². The van der Waals surface area contributed by atoms with E-state index in [1.807, 2.05) is 12.1 Å². The molecule has 6 heteroatoms. The number of hydrogen-bond donors (Lipinski definition) is 2. The zero-order valence-electron chi connectivity index (χ0n) is 12.3. The highest BCUT2D eigenvalue weighted by molar-refractivity contribution is 6.30. The largest absolute Gasteiger partial charge is 0.393 e. The van der Waals surface area contributed by atoms with Crippen molar-refractivity contribution in [1.82, 2.24) is 15.1 Å². The maximum Gasteiger partial charge on any atom is 0.257 e. The number of nitrogens with zero attached hydrogens (tertiary/aromatic N) is 2. The summed E-state index contributed by atoms with van der Waals surface area (Å²) in [4.78, 5) is 14.5. The lowest BCUT2D eigenvalue weighted by Gasteiger charge is -2.17. The summed E-state index contributed by atoms with van der Waals surface area (Å²) in [5.74, 6) is 0.0809. The molecule has 0 radical (unpaired) electrons. The van der Waals surface area contributed by atoms with Crippen molar-refractivity contribution in [2.75, 3.05) is 13.1 Å². The molecule has 1 aromatic carbocycles. The molecule has 1 amide bonds. The Morgan fingerprint density at radius 2 is 2.36 bits per heavy atom. The predicted molar refractivity (Wildman–Crippen MR) is 84.7 cm³/mol. The van der Waals surface area contributed by atoms with Gasteiger partial charge in [-0.2, -0.15) is 5.10 Å². The van der Waals surface area contributed by atoms with Crippen LogP contribution in [0.15, 0.2) is 30.5 Å². The van der Waals surface area contributed by atoms with Gasteiger partial charge in [0.1, 0.15) is 0 Å². The van der Waals surface area contributed by atoms with Crippen molar-refractivity contribution in [3.05, 3.63) is 41.0 Å². The van der Waals surface area contributed by atoms with Gasteiger partial charge in [-0.25, -0.2) is 0 Å². The molecule has 1 fully saturated rings. The fourth-order valence-electron chi connectivity index (χ4n) is 2.85. The minimum Gasteiger partial charge on any atom is -0.393 e. The highest BCUT2D eigenvalue weighted by Gasteiger charge is 2.31. The van der Waals surface area contributed by atoms with Crippen LogP contribution in [0.3, 0.4) is 0 Å². The Hall–Kier alpha value is -1.85. The standard InChI is InChI=1S/C16H18ClN3O2/c1-10(21)12-5-6-20(9-12)16(22)14-8-18-19-15(14)11-3-2-4-13(17)7-11/h2-4,7-8,10,12,21H,5-6,9H2,1H3,(H,18,19). The monoisotopic (exact) mass is 319 g/mol. The lowest BCUT2D eigenvalue weighted by Crippen LogP contribution is -2.30. The van der Waals surface area contributed by atoms with Crippen molar-refractivity contribution in [1.29, 1.82) is 0 Å². The van der Waals surface area contributed by atoms with Gasteiger partial charge >= 0.3 is 0 Å². The number of aliphatic hydroxyl groups is 1. The van der Waals surface area contributed by atoms with E-state index in [0.29, 0.717) is 29.4 Å². The van der Waals surface area contributed by atoms with Crippen LogP contribution in [0.5, 0.6) is 0 Å². The molecule has 5 nitrogen and oxygen atoms in total. The van der Waals surface area contributed by atoms with Gasteiger partial charge in [-0.3, -0.25) is 9.89 Å². The number of likely N-dealkylation sites (tertiary alicyclic amines) is 1. The smallest absolute Gasteiger partial charge is 0.257 e. The number of aromatic amines is 1. The Morgan fingerprint density at radius 1 is 1.55 bits per heavy atom. The van der Waals surface area contributed by atoms with Crippen molar-refractivity contribution < 1.29 is 9.90 Å². The third kappa shape index (κ3) is 2.87. The number of halogens is 1. The molecule has 2 aromatic rings. The summed E-state index contributed by atoms with van der Waals surface area (Å²) < 4.78 is 0. The van der Waals surface area contributed by atoms with E-state index in [1.165, 1.54) is 0 Å². The third-order valence-corrected chi connectivity index (χ3v) is 4.41. The number of aliphatic hydroxyl groups excluding tert-OH is 1. The molecule has 0 saturated carbocycles. The molecule has 1 aromatic heterocycles. The van der Waals surface area contributed by atoms with Gasteiger partial charge in [0.05, 0.1) is 23.6 Å². The quantitative estimate of drug-likeness (QED) is 0.913. The zero-order chi connectivity index (χ0) is 15.7. The van der Waals surface area contributed by atoms with Crippen molar-refractivity contribution in [2.45, 2.75) is 19.4 Å². The number of benzene rings is 1. The van der Waals surface area contributed by atoms with Crippen LogP contribution in [0.25, 0.3) is 11.3 Å². The van der Waals surface area contributed by atoms with E-state index in [9.17, 15) is 9.90 Å². The van der Waals surface area contributed by atoms with E-state index in [-0.39, 0.29) is 11.8 Å². The van der Waals surface area contributed by atoms with Crippen LogP contribution in [-0.4, -0.2) is 45.3 Å². The molecule has 116 valence electrons. The highest BCUT2D eigenvalue weighted by Crippen LogP contribution is 2.27. The maximum atomic E-state index is 12.7. The molecule has 2 N–H and O–H groups in total. The number of amides is 1. The maximum absolute atomic E-state index is 12.7. The number of nitrogens with one attached hydrogen (secondary N) is 1. The molecule has 2 unspecified atom stereocenters. The lowest BCUT2D eigenvalue weighted by atomic mass is 10.0. The van der Waals surface area contributed by atoms with Crippen molar-refractivity contribution in [3.8, 4) is 11.3 Å². The van der Waals surface area contributed by atoms with E-state index in [1.54, 1.807) is 30.2 Å². The molecule has 1 aliphatic heterocycles. The Bertz CT molecular complexity index is 684. The number of carbonyl (C=O) groups is 1. The first kappa shape index (κ1) is 15.1. The molecule has 2 atom stereocenters. The molecule has 0 bridgehead atoms. The molecule has 3 rings (SSSR count). The van der Waals surface area contributed by atoms with Crippen LogP contribution in [0.2, 0.25) is 5.02 Å². The predicted octanol–water partition coefficient (Wildman–Crippen LogP) is 2.57. The van der Waals surface area contributed by atoms with E-state index < -0.39 is 6.10 Å². The Morgan fingerprint density at radius 3 is 3.05 bits per heavy atom. The van der Waals surface area contributed by atoms with Crippen molar-refractivity contribution in [3.63, 3.8) is 0 Å². The van der Waals surface area contributed by atoms with Gasteiger partial charge in [0.25, 0.3) is 5.91 Å². The fraction of sp³-hybridized carbons (Fsp3) is 0.375. The molecule has 0 aliphatic carbocycles. The molecule has 2 heterocycles. The topological polar surface area (TPSA) is 69.2 Å². The first-order valence-corrected chi connectivity index (χ1v) is 7.70. The van der Waals surface area contributed by atoms with Crippen LogP contribution in [0.4, 0.5) is 0 Å². The van der Waals surface area contributed by atoms with Crippen LogP contribution in [0.1, 0.15) is 23.7 Å². The van der Waals surface area contributed by atoms with E-state index in [2.05, 4.69) is 10.2 Å². The summed E-state index contributed by atoms with van der Waals surface area (Å²) in [6.07, 6.45) is 1.98. The first-order valence-electron chi connectivity index (χ1n) is 7.33. The van der Waals surface area contributed by atoms with Crippen LogP contribution >= 0.6 is 11.6 Å². The fourth-order valence-corrected chi connectivity index (χ4v) is 3.04. The normalized spacial score (nSPS) is 19.4.